The van der Waals surface area contributed by atoms with Crippen molar-refractivity contribution < 1.29 is 4.74 Å². The highest BCUT2D eigenvalue weighted by molar-refractivity contribution is 6.31. The average molecular weight is 228 g/mol. The third-order valence-corrected chi connectivity index (χ3v) is 2.67. The molecule has 0 unspecified atom stereocenters. The highest BCUT2D eigenvalue weighted by Gasteiger charge is 1.97. The molecular weight excluding hydrogens is 210 g/mol. The van der Waals surface area contributed by atoms with Crippen LogP contribution in [0.5, 0.6) is 0 Å². The summed E-state index contributed by atoms with van der Waals surface area (Å²) in [5.74, 6) is 0. The summed E-state index contributed by atoms with van der Waals surface area (Å²) in [7, 11) is 1.72. The molecule has 1 aromatic carbocycles. The van der Waals surface area contributed by atoms with E-state index in [0.717, 1.165) is 36.7 Å². The van der Waals surface area contributed by atoms with Crippen molar-refractivity contribution in [1.82, 2.24) is 5.32 Å². The lowest BCUT2D eigenvalue weighted by atomic mass is 10.1. The van der Waals surface area contributed by atoms with Crippen LogP contribution in [0, 0.1) is 6.92 Å². The van der Waals surface area contributed by atoms with E-state index in [0.29, 0.717) is 0 Å². The van der Waals surface area contributed by atoms with Crippen LogP contribution in [0.4, 0.5) is 0 Å². The Kier molecular flexibility index (Phi) is 5.69. The highest BCUT2D eigenvalue weighted by atomic mass is 35.5. The molecule has 0 atom stereocenters. The smallest absolute Gasteiger partial charge is 0.0474 e. The fourth-order valence-electron chi connectivity index (χ4n) is 1.32. The van der Waals surface area contributed by atoms with E-state index in [1.807, 2.05) is 13.0 Å². The Bertz CT molecular complexity index is 302. The van der Waals surface area contributed by atoms with E-state index in [4.69, 9.17) is 16.3 Å². The summed E-state index contributed by atoms with van der Waals surface area (Å²) in [5, 5.41) is 4.18. The van der Waals surface area contributed by atoms with E-state index in [2.05, 4.69) is 17.4 Å². The second-order valence-electron chi connectivity index (χ2n) is 3.61. The zero-order valence-corrected chi connectivity index (χ0v) is 10.1. The summed E-state index contributed by atoms with van der Waals surface area (Å²) in [6, 6.07) is 6.17. The van der Waals surface area contributed by atoms with Crippen LogP contribution in [0.15, 0.2) is 18.2 Å². The Hall–Kier alpha value is -0.570. The molecule has 0 saturated carbocycles. The molecule has 1 N–H and O–H groups in total. The van der Waals surface area contributed by atoms with Crippen molar-refractivity contribution in [3.05, 3.63) is 34.3 Å². The second-order valence-corrected chi connectivity index (χ2v) is 4.01. The van der Waals surface area contributed by atoms with E-state index >= 15 is 0 Å². The van der Waals surface area contributed by atoms with Gasteiger partial charge in [0.15, 0.2) is 0 Å². The maximum absolute atomic E-state index is 6.03. The SMILES string of the molecule is COCCCNCc1ccc(C)c(Cl)c1. The first-order chi connectivity index (χ1) is 7.24. The lowest BCUT2D eigenvalue weighted by molar-refractivity contribution is 0.194. The van der Waals surface area contributed by atoms with Gasteiger partial charge in [-0.05, 0) is 37.1 Å². The van der Waals surface area contributed by atoms with Crippen molar-refractivity contribution in [2.24, 2.45) is 0 Å². The van der Waals surface area contributed by atoms with Crippen molar-refractivity contribution in [3.63, 3.8) is 0 Å². The van der Waals surface area contributed by atoms with Crippen LogP contribution >= 0.6 is 11.6 Å². The minimum atomic E-state index is 0.807. The number of hydrogen-bond donors (Lipinski definition) is 1. The number of ether oxygens (including phenoxy) is 1. The number of benzene rings is 1. The maximum Gasteiger partial charge on any atom is 0.0474 e. The van der Waals surface area contributed by atoms with Gasteiger partial charge in [0.05, 0.1) is 0 Å². The van der Waals surface area contributed by atoms with E-state index in [1.165, 1.54) is 5.56 Å². The molecular formula is C12H18ClNO. The molecule has 0 spiro atoms. The summed E-state index contributed by atoms with van der Waals surface area (Å²) in [6.45, 7) is 4.66. The van der Waals surface area contributed by atoms with Crippen molar-refractivity contribution >= 4 is 11.6 Å². The zero-order chi connectivity index (χ0) is 11.1. The summed E-state index contributed by atoms with van der Waals surface area (Å²) in [4.78, 5) is 0. The van der Waals surface area contributed by atoms with Crippen LogP contribution < -0.4 is 5.32 Å². The molecule has 0 aliphatic rings. The molecule has 1 aromatic rings. The number of nitrogens with one attached hydrogen (secondary N) is 1. The van der Waals surface area contributed by atoms with E-state index < -0.39 is 0 Å². The van der Waals surface area contributed by atoms with Crippen molar-refractivity contribution in [1.29, 1.82) is 0 Å². The molecule has 0 amide bonds. The first-order valence-corrected chi connectivity index (χ1v) is 5.56. The van der Waals surface area contributed by atoms with Gasteiger partial charge in [0.25, 0.3) is 0 Å². The summed E-state index contributed by atoms with van der Waals surface area (Å²) in [5.41, 5.74) is 2.35. The molecule has 0 bridgehead atoms. The van der Waals surface area contributed by atoms with Crippen LogP contribution in [0.25, 0.3) is 0 Å². The summed E-state index contributed by atoms with van der Waals surface area (Å²) in [6.07, 6.45) is 1.04. The van der Waals surface area contributed by atoms with Gasteiger partial charge >= 0.3 is 0 Å². The summed E-state index contributed by atoms with van der Waals surface area (Å²) < 4.78 is 4.97. The molecule has 0 aliphatic carbocycles. The lowest BCUT2D eigenvalue weighted by Gasteiger charge is -2.06. The minimum absolute atomic E-state index is 0.807. The van der Waals surface area contributed by atoms with Crippen molar-refractivity contribution in [2.45, 2.75) is 19.9 Å². The van der Waals surface area contributed by atoms with Crippen molar-refractivity contribution in [2.75, 3.05) is 20.3 Å². The molecule has 84 valence electrons. The molecule has 0 aliphatic heterocycles. The fraction of sp³-hybridized carbons (Fsp3) is 0.500. The second kappa shape index (κ2) is 6.83. The quantitative estimate of drug-likeness (QED) is 0.755. The number of methoxy groups -OCH3 is 1. The molecule has 0 radical (unpaired) electrons. The van der Waals surface area contributed by atoms with Crippen LogP contribution in [-0.4, -0.2) is 20.3 Å². The Morgan fingerprint density at radius 2 is 2.20 bits per heavy atom. The normalized spacial score (nSPS) is 10.6. The van der Waals surface area contributed by atoms with E-state index in [-0.39, 0.29) is 0 Å². The van der Waals surface area contributed by atoms with Gasteiger partial charge in [-0.3, -0.25) is 0 Å². The van der Waals surface area contributed by atoms with Gasteiger partial charge < -0.3 is 10.1 Å². The monoisotopic (exact) mass is 227 g/mol. The lowest BCUT2D eigenvalue weighted by Crippen LogP contribution is -2.16. The molecule has 0 aromatic heterocycles. The maximum atomic E-state index is 6.03. The molecule has 3 heteroatoms. The minimum Gasteiger partial charge on any atom is -0.385 e. The molecule has 0 fully saturated rings. The Labute approximate surface area is 96.6 Å². The topological polar surface area (TPSA) is 21.3 Å². The third-order valence-electron chi connectivity index (χ3n) is 2.27. The van der Waals surface area contributed by atoms with Gasteiger partial charge in [0.1, 0.15) is 0 Å². The molecule has 0 heterocycles. The van der Waals surface area contributed by atoms with Crippen LogP contribution in [0.1, 0.15) is 17.5 Å². The molecule has 2 nitrogen and oxygen atoms in total. The van der Waals surface area contributed by atoms with Gasteiger partial charge in [0, 0.05) is 25.3 Å². The first kappa shape index (κ1) is 12.5. The highest BCUT2D eigenvalue weighted by Crippen LogP contribution is 2.16. The van der Waals surface area contributed by atoms with E-state index in [1.54, 1.807) is 7.11 Å². The zero-order valence-electron chi connectivity index (χ0n) is 9.35. The largest absolute Gasteiger partial charge is 0.385 e. The van der Waals surface area contributed by atoms with E-state index in [9.17, 15) is 0 Å². The van der Waals surface area contributed by atoms with Gasteiger partial charge in [-0.15, -0.1) is 0 Å². The molecule has 1 rings (SSSR count). The Morgan fingerprint density at radius 3 is 2.87 bits per heavy atom. The van der Waals surface area contributed by atoms with Gasteiger partial charge in [0.2, 0.25) is 0 Å². The number of halogens is 1. The molecule has 0 saturated heterocycles. The standard InChI is InChI=1S/C12H18ClNO/c1-10-4-5-11(8-12(10)13)9-14-6-3-7-15-2/h4-5,8,14H,3,6-7,9H2,1-2H3. The first-order valence-electron chi connectivity index (χ1n) is 5.18. The summed E-state index contributed by atoms with van der Waals surface area (Å²) >= 11 is 6.03. The predicted octanol–water partition coefficient (Wildman–Crippen LogP) is 2.77. The Balaban J connectivity index is 2.28. The van der Waals surface area contributed by atoms with Gasteiger partial charge in [-0.1, -0.05) is 23.7 Å². The van der Waals surface area contributed by atoms with Gasteiger partial charge in [-0.25, -0.2) is 0 Å². The number of rotatable bonds is 6. The van der Waals surface area contributed by atoms with Gasteiger partial charge in [-0.2, -0.15) is 0 Å². The van der Waals surface area contributed by atoms with Crippen molar-refractivity contribution in [3.8, 4) is 0 Å². The Morgan fingerprint density at radius 1 is 1.40 bits per heavy atom. The fourth-order valence-corrected chi connectivity index (χ4v) is 1.52. The average Bonchev–Trinajstić information content (AvgIpc) is 2.23. The van der Waals surface area contributed by atoms with Crippen LogP contribution in [0.3, 0.4) is 0 Å². The number of aryl methyl sites for hydroxylation is 1. The van der Waals surface area contributed by atoms with Crippen LogP contribution in [-0.2, 0) is 11.3 Å². The third kappa shape index (κ3) is 4.65. The number of hydrogen-bond acceptors (Lipinski definition) is 2. The molecule has 15 heavy (non-hydrogen) atoms. The van der Waals surface area contributed by atoms with Crippen LogP contribution in [0.2, 0.25) is 5.02 Å². The predicted molar refractivity (Wildman–Crippen MR) is 64.4 cm³/mol.